The fraction of sp³-hybridized carbons (Fsp3) is 0.984. The molecular formula is C61H126N4O4. The molecule has 0 aliphatic rings. The number of hydrogen-bond donors (Lipinski definition) is 4. The molecule has 414 valence electrons. The highest BCUT2D eigenvalue weighted by atomic mass is 16.5. The minimum Gasteiger partial charge on any atom is -0.466 e. The van der Waals surface area contributed by atoms with Crippen LogP contribution in [-0.4, -0.2) is 110 Å². The molecule has 0 aliphatic heterocycles. The largest absolute Gasteiger partial charge is 0.466 e. The average molecular weight is 980 g/mol. The van der Waals surface area contributed by atoms with Crippen LogP contribution in [0.15, 0.2) is 0 Å². The molecule has 0 bridgehead atoms. The Hall–Kier alpha value is -0.770. The molecule has 69 heavy (non-hydrogen) atoms. The normalized spacial score (nSPS) is 12.8. The van der Waals surface area contributed by atoms with Crippen LogP contribution in [0, 0.1) is 0 Å². The lowest BCUT2D eigenvalue weighted by molar-refractivity contribution is -0.143. The van der Waals surface area contributed by atoms with Gasteiger partial charge in [0.05, 0.1) is 18.8 Å². The summed E-state index contributed by atoms with van der Waals surface area (Å²) in [6.45, 7) is 18.2. The Bertz CT molecular complexity index is 974. The van der Waals surface area contributed by atoms with E-state index in [1.54, 1.807) is 0 Å². The highest BCUT2D eigenvalue weighted by Crippen LogP contribution is 2.16. The van der Waals surface area contributed by atoms with Crippen molar-refractivity contribution >= 4 is 5.97 Å². The third kappa shape index (κ3) is 54.8. The first-order valence-corrected chi connectivity index (χ1v) is 31.3. The molecule has 8 nitrogen and oxygen atoms in total. The van der Waals surface area contributed by atoms with E-state index in [0.29, 0.717) is 32.7 Å². The van der Waals surface area contributed by atoms with Crippen molar-refractivity contribution in [3.8, 4) is 0 Å². The lowest BCUT2D eigenvalue weighted by Gasteiger charge is -2.27. The fourth-order valence-electron chi connectivity index (χ4n) is 9.91. The van der Waals surface area contributed by atoms with Crippen molar-refractivity contribution in [3.05, 3.63) is 0 Å². The third-order valence-electron chi connectivity index (χ3n) is 14.5. The molecule has 0 saturated heterocycles. The highest BCUT2D eigenvalue weighted by molar-refractivity contribution is 5.69. The summed E-state index contributed by atoms with van der Waals surface area (Å²) in [6.07, 6.45) is 54.8. The minimum atomic E-state index is -0.428. The van der Waals surface area contributed by atoms with E-state index in [1.165, 1.54) is 231 Å². The fourth-order valence-corrected chi connectivity index (χ4v) is 9.91. The maximum absolute atomic E-state index is 12.4. The zero-order valence-corrected chi connectivity index (χ0v) is 47.4. The number of carbonyl (C=O) groups is 1. The third-order valence-corrected chi connectivity index (χ3v) is 14.5. The molecule has 0 heterocycles. The summed E-state index contributed by atoms with van der Waals surface area (Å²) < 4.78 is 5.54. The molecule has 0 rings (SSSR count). The molecule has 2 atom stereocenters. The first kappa shape index (κ1) is 68.2. The molecule has 4 N–H and O–H groups in total. The summed E-state index contributed by atoms with van der Waals surface area (Å²) in [4.78, 5) is 17.4. The van der Waals surface area contributed by atoms with Gasteiger partial charge in [0.15, 0.2) is 0 Å². The maximum Gasteiger partial charge on any atom is 0.305 e. The van der Waals surface area contributed by atoms with E-state index >= 15 is 0 Å². The number of nitrogens with one attached hydrogen (secondary N) is 2. The second kappa shape index (κ2) is 58.1. The van der Waals surface area contributed by atoms with Crippen LogP contribution in [0.5, 0.6) is 0 Å². The predicted octanol–water partition coefficient (Wildman–Crippen LogP) is 15.9. The molecule has 2 unspecified atom stereocenters. The number of esters is 1. The number of carbonyl (C=O) groups excluding carboxylic acids is 1. The Balaban J connectivity index is 4.69. The van der Waals surface area contributed by atoms with E-state index in [1.807, 2.05) is 0 Å². The standard InChI is InChI=1S/C61H126N4O4/c1-5-9-13-16-19-22-25-28-31-34-37-40-45-54-69-61(68)47-46-49-63-56-60(67)58-65(51-42-39-36-33-30-27-24-21-18-15-11-7-3)53-44-43-52-64(57-59(66)55-62-48-12-8-4)50-41-38-35-32-29-26-23-20-17-14-10-6-2/h59-60,62-63,66-67H,5-58H2,1-4H3. The Morgan fingerprint density at radius 1 is 0.362 bits per heavy atom. The number of aliphatic hydroxyl groups excluding tert-OH is 2. The van der Waals surface area contributed by atoms with Crippen LogP contribution < -0.4 is 10.6 Å². The van der Waals surface area contributed by atoms with Crippen LogP contribution in [0.3, 0.4) is 0 Å². The van der Waals surface area contributed by atoms with E-state index in [4.69, 9.17) is 4.74 Å². The van der Waals surface area contributed by atoms with E-state index in [2.05, 4.69) is 48.1 Å². The van der Waals surface area contributed by atoms with E-state index < -0.39 is 6.10 Å². The van der Waals surface area contributed by atoms with Crippen molar-refractivity contribution in [1.29, 1.82) is 0 Å². The molecule has 0 spiro atoms. The van der Waals surface area contributed by atoms with Crippen LogP contribution in [0.25, 0.3) is 0 Å². The molecule has 0 radical (unpaired) electrons. The molecule has 0 aromatic carbocycles. The molecule has 0 aromatic heterocycles. The monoisotopic (exact) mass is 979 g/mol. The average Bonchev–Trinajstić information content (AvgIpc) is 3.34. The van der Waals surface area contributed by atoms with Crippen molar-refractivity contribution in [2.24, 2.45) is 0 Å². The van der Waals surface area contributed by atoms with Gasteiger partial charge in [-0.1, -0.05) is 252 Å². The van der Waals surface area contributed by atoms with E-state index in [-0.39, 0.29) is 12.1 Å². The van der Waals surface area contributed by atoms with Crippen molar-refractivity contribution in [2.45, 2.75) is 316 Å². The molecule has 0 fully saturated rings. The van der Waals surface area contributed by atoms with E-state index in [9.17, 15) is 15.0 Å². The zero-order valence-electron chi connectivity index (χ0n) is 47.4. The molecule has 0 aliphatic carbocycles. The zero-order chi connectivity index (χ0) is 50.2. The van der Waals surface area contributed by atoms with Crippen molar-refractivity contribution in [2.75, 3.05) is 72.1 Å². The summed E-state index contributed by atoms with van der Waals surface area (Å²) in [5.41, 5.74) is 0. The van der Waals surface area contributed by atoms with Gasteiger partial charge in [-0.2, -0.15) is 0 Å². The van der Waals surface area contributed by atoms with Gasteiger partial charge >= 0.3 is 5.97 Å². The van der Waals surface area contributed by atoms with Gasteiger partial charge in [0.1, 0.15) is 0 Å². The van der Waals surface area contributed by atoms with Gasteiger partial charge in [-0.15, -0.1) is 0 Å². The Morgan fingerprint density at radius 2 is 0.623 bits per heavy atom. The maximum atomic E-state index is 12.4. The molecular weight excluding hydrogens is 853 g/mol. The smallest absolute Gasteiger partial charge is 0.305 e. The molecule has 0 aromatic rings. The Labute approximate surface area is 432 Å². The number of nitrogens with zero attached hydrogens (tertiary/aromatic N) is 2. The molecule has 8 heteroatoms. The second-order valence-corrected chi connectivity index (χ2v) is 21.7. The summed E-state index contributed by atoms with van der Waals surface area (Å²) >= 11 is 0. The number of hydrogen-bond acceptors (Lipinski definition) is 8. The van der Waals surface area contributed by atoms with Crippen LogP contribution >= 0.6 is 0 Å². The Morgan fingerprint density at radius 3 is 0.942 bits per heavy atom. The number of unbranched alkanes of at least 4 members (excludes halogenated alkanes) is 36. The SMILES string of the molecule is CCCCCCCCCCCCCCCOC(=O)CCCNCC(O)CN(CCCCCCCCCCCCCC)CCCCN(CCCCCCCCCCCCCC)CC(O)CNCCCC. The molecule has 0 saturated carbocycles. The number of ether oxygens (including phenoxy) is 1. The molecule has 0 amide bonds. The van der Waals surface area contributed by atoms with Gasteiger partial charge in [-0.3, -0.25) is 4.79 Å². The highest BCUT2D eigenvalue weighted by Gasteiger charge is 2.15. The van der Waals surface area contributed by atoms with Gasteiger partial charge < -0.3 is 35.4 Å². The predicted molar refractivity (Wildman–Crippen MR) is 303 cm³/mol. The summed E-state index contributed by atoms with van der Waals surface area (Å²) in [7, 11) is 0. The quantitative estimate of drug-likeness (QED) is 0.0354. The second-order valence-electron chi connectivity index (χ2n) is 21.7. The van der Waals surface area contributed by atoms with Crippen LogP contribution in [0.4, 0.5) is 0 Å². The number of aliphatic hydroxyl groups is 2. The van der Waals surface area contributed by atoms with Gasteiger partial charge in [-0.25, -0.2) is 0 Å². The first-order valence-electron chi connectivity index (χ1n) is 31.3. The summed E-state index contributed by atoms with van der Waals surface area (Å²) in [5, 5.41) is 29.0. The number of rotatable bonds is 60. The summed E-state index contributed by atoms with van der Waals surface area (Å²) in [6, 6.07) is 0. The van der Waals surface area contributed by atoms with Crippen molar-refractivity contribution in [1.82, 2.24) is 20.4 Å². The lowest BCUT2D eigenvalue weighted by atomic mass is 10.0. The topological polar surface area (TPSA) is 97.3 Å². The van der Waals surface area contributed by atoms with Crippen LogP contribution in [-0.2, 0) is 9.53 Å². The lowest BCUT2D eigenvalue weighted by Crippen LogP contribution is -2.40. The van der Waals surface area contributed by atoms with Gasteiger partial charge in [0.25, 0.3) is 0 Å². The van der Waals surface area contributed by atoms with Crippen LogP contribution in [0.2, 0.25) is 0 Å². The first-order chi connectivity index (χ1) is 34.0. The van der Waals surface area contributed by atoms with Crippen molar-refractivity contribution in [3.63, 3.8) is 0 Å². The van der Waals surface area contributed by atoms with Gasteiger partial charge in [0, 0.05) is 32.6 Å². The van der Waals surface area contributed by atoms with Crippen LogP contribution in [0.1, 0.15) is 304 Å². The van der Waals surface area contributed by atoms with Gasteiger partial charge in [0.2, 0.25) is 0 Å². The van der Waals surface area contributed by atoms with Crippen molar-refractivity contribution < 1.29 is 19.7 Å². The minimum absolute atomic E-state index is 0.0873. The Kier molecular flexibility index (Phi) is 57.5. The summed E-state index contributed by atoms with van der Waals surface area (Å²) in [5.74, 6) is -0.0873. The van der Waals surface area contributed by atoms with Gasteiger partial charge in [-0.05, 0) is 84.2 Å². The van der Waals surface area contributed by atoms with E-state index in [0.717, 1.165) is 84.3 Å².